The molecule has 0 amide bonds. The van der Waals surface area contributed by atoms with E-state index in [-0.39, 0.29) is 11.5 Å². The van der Waals surface area contributed by atoms with Crippen molar-refractivity contribution in [1.82, 2.24) is 0 Å². The molecule has 0 aliphatic carbocycles. The number of benzene rings is 1. The Morgan fingerprint density at radius 2 is 1.04 bits per heavy atom. The molecule has 154 valence electrons. The molecule has 0 aliphatic rings. The van der Waals surface area contributed by atoms with Crippen molar-refractivity contribution in [3.05, 3.63) is 35.9 Å². The molecule has 0 atom stereocenters. The molecule has 27 heavy (non-hydrogen) atoms. The third kappa shape index (κ3) is 14.3. The molecule has 2 nitrogen and oxygen atoms in total. The summed E-state index contributed by atoms with van der Waals surface area (Å²) in [6.45, 7) is 2.27. The van der Waals surface area contributed by atoms with Gasteiger partial charge in [0.15, 0.2) is 0 Å². The Bertz CT molecular complexity index is 473. The van der Waals surface area contributed by atoms with Crippen LogP contribution in [0.1, 0.15) is 109 Å². The molecule has 0 saturated heterocycles. The van der Waals surface area contributed by atoms with Crippen LogP contribution in [0.5, 0.6) is 11.5 Å². The van der Waals surface area contributed by atoms with Crippen molar-refractivity contribution in [3.8, 4) is 11.5 Å². The fourth-order valence-corrected chi connectivity index (χ4v) is 3.55. The highest BCUT2D eigenvalue weighted by molar-refractivity contribution is 5.36. The number of hydrogen-bond donors (Lipinski definition) is 2. The average Bonchev–Trinajstić information content (AvgIpc) is 2.63. The van der Waals surface area contributed by atoms with E-state index in [1.54, 1.807) is 12.1 Å². The van der Waals surface area contributed by atoms with Gasteiger partial charge in [0.25, 0.3) is 0 Å². The van der Waals surface area contributed by atoms with E-state index in [0.717, 1.165) is 18.4 Å². The van der Waals surface area contributed by atoms with E-state index in [0.29, 0.717) is 0 Å². The number of hydrogen-bond acceptors (Lipinski definition) is 2. The maximum Gasteiger partial charge on any atom is 0.119 e. The Morgan fingerprint density at radius 3 is 1.56 bits per heavy atom. The molecule has 0 bridgehead atoms. The fraction of sp³-hybridized carbons (Fsp3) is 0.680. The van der Waals surface area contributed by atoms with Crippen molar-refractivity contribution in [3.63, 3.8) is 0 Å². The summed E-state index contributed by atoms with van der Waals surface area (Å²) in [6, 6.07) is 4.89. The molecule has 2 heteroatoms. The zero-order valence-electron chi connectivity index (χ0n) is 17.6. The van der Waals surface area contributed by atoms with Crippen molar-refractivity contribution < 1.29 is 10.2 Å². The first-order valence-electron chi connectivity index (χ1n) is 11.4. The lowest BCUT2D eigenvalue weighted by Crippen LogP contribution is -1.87. The van der Waals surface area contributed by atoms with Crippen LogP contribution in [0.15, 0.2) is 30.4 Å². The molecule has 0 saturated carbocycles. The zero-order valence-corrected chi connectivity index (χ0v) is 17.6. The second-order valence-electron chi connectivity index (χ2n) is 7.90. The molecule has 0 fully saturated rings. The predicted octanol–water partition coefficient (Wildman–Crippen LogP) is 8.07. The average molecular weight is 375 g/mol. The Balaban J connectivity index is 1.82. The summed E-state index contributed by atoms with van der Waals surface area (Å²) in [4.78, 5) is 0. The Hall–Kier alpha value is -1.44. The third-order valence-electron chi connectivity index (χ3n) is 5.19. The number of aryl methyl sites for hydroxylation is 1. The van der Waals surface area contributed by atoms with Crippen molar-refractivity contribution >= 4 is 0 Å². The van der Waals surface area contributed by atoms with Gasteiger partial charge in [0, 0.05) is 6.07 Å². The van der Waals surface area contributed by atoms with Gasteiger partial charge in [-0.1, -0.05) is 83.3 Å². The fourth-order valence-electron chi connectivity index (χ4n) is 3.55. The number of allylic oxidation sites excluding steroid dienone is 2. The molecule has 0 radical (unpaired) electrons. The van der Waals surface area contributed by atoms with Crippen LogP contribution in [0.2, 0.25) is 0 Å². The number of unbranched alkanes of at least 4 members (excludes halogenated alkanes) is 13. The predicted molar refractivity (Wildman–Crippen MR) is 118 cm³/mol. The first-order chi connectivity index (χ1) is 13.2. The van der Waals surface area contributed by atoms with E-state index in [1.165, 1.54) is 96.0 Å². The normalized spacial score (nSPS) is 11.4. The minimum atomic E-state index is 0.160. The highest BCUT2D eigenvalue weighted by Gasteiger charge is 1.99. The van der Waals surface area contributed by atoms with Crippen LogP contribution < -0.4 is 0 Å². The minimum Gasteiger partial charge on any atom is -0.508 e. The molecule has 1 aromatic rings. The van der Waals surface area contributed by atoms with Gasteiger partial charge in [0.2, 0.25) is 0 Å². The van der Waals surface area contributed by atoms with Crippen LogP contribution in [0, 0.1) is 0 Å². The van der Waals surface area contributed by atoms with E-state index in [1.807, 2.05) is 0 Å². The molecule has 0 unspecified atom stereocenters. The number of rotatable bonds is 17. The molecule has 0 heterocycles. The van der Waals surface area contributed by atoms with E-state index in [9.17, 15) is 10.2 Å². The second-order valence-corrected chi connectivity index (χ2v) is 7.90. The molecule has 0 aliphatic heterocycles. The van der Waals surface area contributed by atoms with Crippen LogP contribution in [0.4, 0.5) is 0 Å². The lowest BCUT2D eigenvalue weighted by atomic mass is 10.0. The summed E-state index contributed by atoms with van der Waals surface area (Å²) in [5, 5.41) is 18.9. The highest BCUT2D eigenvalue weighted by atomic mass is 16.3. The van der Waals surface area contributed by atoms with Gasteiger partial charge in [-0.15, -0.1) is 0 Å². The van der Waals surface area contributed by atoms with Gasteiger partial charge in [-0.25, -0.2) is 0 Å². The molecule has 1 aromatic carbocycles. The summed E-state index contributed by atoms with van der Waals surface area (Å²) in [5.74, 6) is 0.319. The Kier molecular flexibility index (Phi) is 14.6. The maximum absolute atomic E-state index is 9.47. The van der Waals surface area contributed by atoms with Gasteiger partial charge in [-0.05, 0) is 56.2 Å². The molecule has 0 spiro atoms. The maximum atomic E-state index is 9.47. The highest BCUT2D eigenvalue weighted by Crippen LogP contribution is 2.22. The minimum absolute atomic E-state index is 0.160. The van der Waals surface area contributed by atoms with Crippen molar-refractivity contribution in [2.75, 3.05) is 0 Å². The van der Waals surface area contributed by atoms with Gasteiger partial charge in [-0.2, -0.15) is 0 Å². The number of phenolic OH excluding ortho intramolecular Hbond substituents is 2. The molecule has 1 rings (SSSR count). The Morgan fingerprint density at radius 1 is 0.593 bits per heavy atom. The summed E-state index contributed by atoms with van der Waals surface area (Å²) < 4.78 is 0. The number of phenols is 2. The van der Waals surface area contributed by atoms with Crippen molar-refractivity contribution in [2.24, 2.45) is 0 Å². The molecular formula is C25H42O2. The van der Waals surface area contributed by atoms with Gasteiger partial charge in [0.1, 0.15) is 11.5 Å². The second kappa shape index (κ2) is 16.7. The van der Waals surface area contributed by atoms with Crippen LogP contribution in [-0.2, 0) is 6.42 Å². The quantitative estimate of drug-likeness (QED) is 0.214. The van der Waals surface area contributed by atoms with Crippen LogP contribution >= 0.6 is 0 Å². The van der Waals surface area contributed by atoms with Gasteiger partial charge in [0.05, 0.1) is 0 Å². The lowest BCUT2D eigenvalue weighted by molar-refractivity contribution is 0.449. The molecule has 0 aromatic heterocycles. The SMILES string of the molecule is CCCCCC/C=C\CCCCCCCCCCCc1cc(O)cc(O)c1. The van der Waals surface area contributed by atoms with Gasteiger partial charge in [-0.3, -0.25) is 0 Å². The Labute approximate surface area is 167 Å². The van der Waals surface area contributed by atoms with E-state index < -0.39 is 0 Å². The van der Waals surface area contributed by atoms with Crippen LogP contribution in [-0.4, -0.2) is 10.2 Å². The van der Waals surface area contributed by atoms with Crippen LogP contribution in [0.25, 0.3) is 0 Å². The summed E-state index contributed by atoms with van der Waals surface area (Å²) in [6.07, 6.45) is 25.6. The smallest absolute Gasteiger partial charge is 0.119 e. The molecule has 2 N–H and O–H groups in total. The summed E-state index contributed by atoms with van der Waals surface area (Å²) in [5.41, 5.74) is 1.03. The third-order valence-corrected chi connectivity index (χ3v) is 5.19. The topological polar surface area (TPSA) is 40.5 Å². The summed E-state index contributed by atoms with van der Waals surface area (Å²) >= 11 is 0. The summed E-state index contributed by atoms with van der Waals surface area (Å²) in [7, 11) is 0. The monoisotopic (exact) mass is 374 g/mol. The van der Waals surface area contributed by atoms with Gasteiger partial charge >= 0.3 is 0 Å². The number of aromatic hydroxyl groups is 2. The first kappa shape index (κ1) is 23.6. The largest absolute Gasteiger partial charge is 0.508 e. The van der Waals surface area contributed by atoms with E-state index in [2.05, 4.69) is 19.1 Å². The zero-order chi connectivity index (χ0) is 19.6. The van der Waals surface area contributed by atoms with Crippen molar-refractivity contribution in [1.29, 1.82) is 0 Å². The van der Waals surface area contributed by atoms with Gasteiger partial charge < -0.3 is 10.2 Å². The van der Waals surface area contributed by atoms with Crippen molar-refractivity contribution in [2.45, 2.75) is 110 Å². The van der Waals surface area contributed by atoms with E-state index in [4.69, 9.17) is 0 Å². The first-order valence-corrected chi connectivity index (χ1v) is 11.4. The van der Waals surface area contributed by atoms with E-state index >= 15 is 0 Å². The standard InChI is InChI=1S/C25H42O2/c1-2-3-4-5-6-7-8-9-10-11-12-13-14-15-16-17-18-19-23-20-24(26)22-25(27)21-23/h7-8,20-22,26-27H,2-6,9-19H2,1H3/b8-7-. The lowest BCUT2D eigenvalue weighted by Gasteiger charge is -2.04. The van der Waals surface area contributed by atoms with Crippen LogP contribution in [0.3, 0.4) is 0 Å². The molecular weight excluding hydrogens is 332 g/mol.